The number of nitrogens with two attached hydrogens (primary N) is 1. The minimum atomic E-state index is -0.900. The van der Waals surface area contributed by atoms with Gasteiger partial charge in [-0.2, -0.15) is 11.8 Å². The summed E-state index contributed by atoms with van der Waals surface area (Å²) in [6.45, 7) is 10.1. The second-order valence-electron chi connectivity index (χ2n) is 10.2. The first-order valence-electron chi connectivity index (χ1n) is 12.5. The maximum atomic E-state index is 13.8. The van der Waals surface area contributed by atoms with E-state index in [1.54, 1.807) is 25.6 Å². The first-order chi connectivity index (χ1) is 16.0. The summed E-state index contributed by atoms with van der Waals surface area (Å²) in [5.41, 5.74) is 5.78. The summed E-state index contributed by atoms with van der Waals surface area (Å²) in [5, 5.41) is 13.7. The lowest BCUT2D eigenvalue weighted by molar-refractivity contribution is -0.140. The minimum Gasteiger partial charge on any atom is -0.447 e. The number of hydrogen-bond donors (Lipinski definition) is 4. The van der Waals surface area contributed by atoms with Crippen molar-refractivity contribution in [2.45, 2.75) is 96.1 Å². The lowest BCUT2D eigenvalue weighted by atomic mass is 9.89. The number of ether oxygens (including phenoxy) is 1. The molecule has 1 aliphatic carbocycles. The monoisotopic (exact) mass is 497 g/mol. The van der Waals surface area contributed by atoms with Gasteiger partial charge in [-0.15, -0.1) is 0 Å². The summed E-state index contributed by atoms with van der Waals surface area (Å²) < 4.78 is 4.60. The van der Waals surface area contributed by atoms with Crippen LogP contribution in [0.15, 0.2) is 0 Å². The summed E-state index contributed by atoms with van der Waals surface area (Å²) in [6, 6.07) is -1.62. The molecule has 0 aromatic carbocycles. The van der Waals surface area contributed by atoms with Crippen molar-refractivity contribution in [1.82, 2.24) is 15.5 Å². The third-order valence-corrected chi connectivity index (χ3v) is 7.95. The number of carbonyl (C=O) groups is 3. The molecule has 3 atom stereocenters. The van der Waals surface area contributed by atoms with Crippen LogP contribution in [-0.2, 0) is 14.3 Å². The molecule has 1 saturated heterocycles. The van der Waals surface area contributed by atoms with E-state index in [9.17, 15) is 14.4 Å². The lowest BCUT2D eigenvalue weighted by Crippen LogP contribution is -2.60. The molecule has 2 aliphatic rings. The third-order valence-electron chi connectivity index (χ3n) is 6.68. The van der Waals surface area contributed by atoms with Gasteiger partial charge < -0.3 is 26.0 Å². The zero-order valence-corrected chi connectivity index (χ0v) is 22.1. The largest absolute Gasteiger partial charge is 0.447 e. The van der Waals surface area contributed by atoms with Gasteiger partial charge >= 0.3 is 6.09 Å². The molecule has 0 radical (unpaired) electrons. The van der Waals surface area contributed by atoms with Crippen molar-refractivity contribution in [1.29, 1.82) is 5.41 Å². The normalized spacial score (nSPS) is 22.4. The fraction of sp³-hybridized carbons (Fsp3) is 0.833. The van der Waals surface area contributed by atoms with Gasteiger partial charge in [0.1, 0.15) is 12.1 Å². The molecule has 2 fully saturated rings. The zero-order chi connectivity index (χ0) is 25.5. The molecule has 9 nitrogen and oxygen atoms in total. The lowest BCUT2D eigenvalue weighted by Gasteiger charge is -2.37. The van der Waals surface area contributed by atoms with Gasteiger partial charge in [0.2, 0.25) is 11.8 Å². The van der Waals surface area contributed by atoms with E-state index in [1.807, 2.05) is 20.8 Å². The second-order valence-corrected chi connectivity index (χ2v) is 12.1. The number of amides is 3. The van der Waals surface area contributed by atoms with Crippen LogP contribution in [0.25, 0.3) is 0 Å². The molecule has 10 heteroatoms. The van der Waals surface area contributed by atoms with Crippen molar-refractivity contribution in [3.8, 4) is 0 Å². The Balaban J connectivity index is 2.22. The van der Waals surface area contributed by atoms with Gasteiger partial charge in [-0.1, -0.05) is 26.2 Å². The number of nitrogens with one attached hydrogen (secondary N) is 3. The maximum Gasteiger partial charge on any atom is 0.408 e. The van der Waals surface area contributed by atoms with E-state index in [0.717, 1.165) is 18.6 Å². The van der Waals surface area contributed by atoms with Crippen LogP contribution in [0, 0.1) is 17.2 Å². The van der Waals surface area contributed by atoms with Gasteiger partial charge in [0.15, 0.2) is 0 Å². The summed E-state index contributed by atoms with van der Waals surface area (Å²) in [7, 11) is 0. The van der Waals surface area contributed by atoms with Gasteiger partial charge in [-0.25, -0.2) is 4.79 Å². The quantitative estimate of drug-likeness (QED) is 0.270. The highest BCUT2D eigenvalue weighted by atomic mass is 32.2. The number of nitrogens with zero attached hydrogens (tertiary/aromatic N) is 1. The standard InChI is InChI=1S/C24H43N5O4S/c1-6-34-24(4,5)19(28-23(32)33-15(2)3)22(31)29-14-17(20(25)26)12-18(29)21(30)27-13-16-10-8-7-9-11-16/h15-19H,6-14H2,1-5H3,(H3,25,26)(H,27,30)(H,28,32)/t17-,18+,19+/m1/s1. The Kier molecular flexibility index (Phi) is 10.5. The van der Waals surface area contributed by atoms with E-state index in [4.69, 9.17) is 15.9 Å². The van der Waals surface area contributed by atoms with Crippen LogP contribution in [0.1, 0.15) is 73.1 Å². The molecule has 0 aromatic rings. The maximum absolute atomic E-state index is 13.8. The number of alkyl carbamates (subject to hydrolysis) is 1. The van der Waals surface area contributed by atoms with Crippen molar-refractivity contribution in [2.24, 2.45) is 17.6 Å². The predicted octanol–water partition coefficient (Wildman–Crippen LogP) is 2.87. The van der Waals surface area contributed by atoms with Crippen LogP contribution in [0.4, 0.5) is 4.79 Å². The number of amidine groups is 1. The smallest absolute Gasteiger partial charge is 0.408 e. The molecule has 194 valence electrons. The van der Waals surface area contributed by atoms with Gasteiger partial charge in [0.05, 0.1) is 11.9 Å². The Bertz CT molecular complexity index is 739. The third kappa shape index (κ3) is 7.78. The predicted molar refractivity (Wildman–Crippen MR) is 136 cm³/mol. The first-order valence-corrected chi connectivity index (χ1v) is 13.5. The van der Waals surface area contributed by atoms with E-state index in [1.165, 1.54) is 24.2 Å². The second kappa shape index (κ2) is 12.7. The molecule has 0 aromatic heterocycles. The zero-order valence-electron chi connectivity index (χ0n) is 21.3. The number of rotatable bonds is 10. The van der Waals surface area contributed by atoms with Gasteiger partial charge in [0, 0.05) is 23.8 Å². The molecule has 2 rings (SSSR count). The first kappa shape index (κ1) is 28.3. The molecule has 0 unspecified atom stereocenters. The Morgan fingerprint density at radius 2 is 1.85 bits per heavy atom. The van der Waals surface area contributed by atoms with Gasteiger partial charge in [-0.05, 0) is 58.6 Å². The number of hydrogen-bond acceptors (Lipinski definition) is 6. The molecule has 1 aliphatic heterocycles. The average molecular weight is 498 g/mol. The summed E-state index contributed by atoms with van der Waals surface area (Å²) >= 11 is 1.55. The molecular formula is C24H43N5O4S. The SMILES string of the molecule is CCSC(C)(C)[C@@H](NC(=O)OC(C)C)C(=O)N1C[C@H](C(=N)N)C[C@H]1C(=O)NCC1CCCCC1. The van der Waals surface area contributed by atoms with E-state index < -0.39 is 22.9 Å². The highest BCUT2D eigenvalue weighted by Crippen LogP contribution is 2.32. The molecular weight excluding hydrogens is 454 g/mol. The van der Waals surface area contributed by atoms with Crippen LogP contribution in [-0.4, -0.2) is 70.4 Å². The molecule has 0 spiro atoms. The highest BCUT2D eigenvalue weighted by Gasteiger charge is 2.47. The van der Waals surface area contributed by atoms with Crippen molar-refractivity contribution >= 4 is 35.5 Å². The van der Waals surface area contributed by atoms with E-state index >= 15 is 0 Å². The molecule has 1 saturated carbocycles. The Labute approximate surface area is 208 Å². The van der Waals surface area contributed by atoms with Crippen molar-refractivity contribution in [3.05, 3.63) is 0 Å². The van der Waals surface area contributed by atoms with E-state index in [0.29, 0.717) is 18.9 Å². The van der Waals surface area contributed by atoms with Crippen LogP contribution < -0.4 is 16.4 Å². The molecule has 3 amide bonds. The molecule has 1 heterocycles. The van der Waals surface area contributed by atoms with Crippen molar-refractivity contribution < 1.29 is 19.1 Å². The van der Waals surface area contributed by atoms with Gasteiger partial charge in [0.25, 0.3) is 0 Å². The van der Waals surface area contributed by atoms with Crippen LogP contribution in [0.2, 0.25) is 0 Å². The van der Waals surface area contributed by atoms with E-state index in [-0.39, 0.29) is 36.2 Å². The van der Waals surface area contributed by atoms with Crippen molar-refractivity contribution in [2.75, 3.05) is 18.8 Å². The Hall–Kier alpha value is -1.97. The van der Waals surface area contributed by atoms with Crippen LogP contribution in [0.5, 0.6) is 0 Å². The molecule has 5 N–H and O–H groups in total. The minimum absolute atomic E-state index is 0.0358. The fourth-order valence-corrected chi connectivity index (χ4v) is 5.90. The molecule has 0 bridgehead atoms. The topological polar surface area (TPSA) is 138 Å². The Morgan fingerprint density at radius 3 is 2.41 bits per heavy atom. The van der Waals surface area contributed by atoms with Crippen LogP contribution in [0.3, 0.4) is 0 Å². The Morgan fingerprint density at radius 1 is 1.21 bits per heavy atom. The number of carbonyl (C=O) groups excluding carboxylic acids is 3. The van der Waals surface area contributed by atoms with Crippen LogP contribution >= 0.6 is 11.8 Å². The van der Waals surface area contributed by atoms with Gasteiger partial charge in [-0.3, -0.25) is 15.0 Å². The number of likely N-dealkylation sites (tertiary alicyclic amines) is 1. The number of thioether (sulfide) groups is 1. The highest BCUT2D eigenvalue weighted by molar-refractivity contribution is 8.00. The average Bonchev–Trinajstić information content (AvgIpc) is 3.21. The van der Waals surface area contributed by atoms with Crippen molar-refractivity contribution in [3.63, 3.8) is 0 Å². The summed E-state index contributed by atoms with van der Waals surface area (Å²) in [5.74, 6) is 0.220. The summed E-state index contributed by atoms with van der Waals surface area (Å²) in [4.78, 5) is 41.0. The summed E-state index contributed by atoms with van der Waals surface area (Å²) in [6.07, 6.45) is 5.14. The van der Waals surface area contributed by atoms with E-state index in [2.05, 4.69) is 10.6 Å². The molecule has 34 heavy (non-hydrogen) atoms. The fourth-order valence-electron chi connectivity index (χ4n) is 4.83.